The first-order chi connectivity index (χ1) is 8.19. The van der Waals surface area contributed by atoms with Gasteiger partial charge in [0.25, 0.3) is 0 Å². The molecule has 0 aromatic heterocycles. The van der Waals surface area contributed by atoms with Gasteiger partial charge in [-0.05, 0) is 25.5 Å². The fraction of sp³-hybridized carbons (Fsp3) is 0.417. The Balaban J connectivity index is 0.00000162. The first kappa shape index (κ1) is 14.6. The average Bonchev–Trinajstić information content (AvgIpc) is 2.66. The second-order valence-electron chi connectivity index (χ2n) is 3.62. The number of ether oxygens (including phenoxy) is 2. The summed E-state index contributed by atoms with van der Waals surface area (Å²) in [5, 5.41) is 0. The molecular formula is C12H16ClFN2O2. The lowest BCUT2D eigenvalue weighted by molar-refractivity contribution is 0.275. The van der Waals surface area contributed by atoms with Gasteiger partial charge in [0.2, 0.25) is 0 Å². The van der Waals surface area contributed by atoms with E-state index in [1.54, 1.807) is 13.0 Å². The minimum atomic E-state index is -0.480. The summed E-state index contributed by atoms with van der Waals surface area (Å²) in [6.07, 6.45) is 0. The molecule has 0 bridgehead atoms. The molecule has 0 saturated heterocycles. The summed E-state index contributed by atoms with van der Waals surface area (Å²) in [7, 11) is 0. The number of benzene rings is 1. The van der Waals surface area contributed by atoms with Gasteiger partial charge in [-0.15, -0.1) is 12.4 Å². The summed E-state index contributed by atoms with van der Waals surface area (Å²) in [6, 6.07) is 1.75. The fourth-order valence-electron chi connectivity index (χ4n) is 1.85. The van der Waals surface area contributed by atoms with E-state index in [9.17, 15) is 4.39 Å². The highest BCUT2D eigenvalue weighted by molar-refractivity contribution is 6.01. The van der Waals surface area contributed by atoms with Crippen LogP contribution in [-0.4, -0.2) is 19.0 Å². The van der Waals surface area contributed by atoms with Crippen molar-refractivity contribution in [3.05, 3.63) is 23.0 Å². The average molecular weight is 275 g/mol. The summed E-state index contributed by atoms with van der Waals surface area (Å²) in [5.41, 5.74) is 6.74. The second-order valence-corrected chi connectivity index (χ2v) is 3.62. The molecule has 0 spiro atoms. The molecule has 6 heteroatoms. The number of nitrogens with zero attached hydrogens (tertiary/aromatic N) is 1. The highest BCUT2D eigenvalue weighted by Gasteiger charge is 2.25. The number of fused-ring (bicyclic) bond motifs is 1. The SMILES string of the molecule is CCOc1cc2c(c(F)c1OCC)C(N)=NC2.Cl. The van der Waals surface area contributed by atoms with E-state index in [0.717, 1.165) is 5.56 Å². The molecule has 2 N–H and O–H groups in total. The third kappa shape index (κ3) is 2.36. The van der Waals surface area contributed by atoms with Crippen LogP contribution in [0.3, 0.4) is 0 Å². The van der Waals surface area contributed by atoms with Crippen LogP contribution in [0.2, 0.25) is 0 Å². The number of amidine groups is 1. The molecule has 0 unspecified atom stereocenters. The number of rotatable bonds is 4. The van der Waals surface area contributed by atoms with E-state index in [0.29, 0.717) is 31.1 Å². The van der Waals surface area contributed by atoms with Crippen LogP contribution in [0.15, 0.2) is 11.1 Å². The molecule has 0 saturated carbocycles. The molecule has 1 heterocycles. The smallest absolute Gasteiger partial charge is 0.197 e. The van der Waals surface area contributed by atoms with E-state index < -0.39 is 5.82 Å². The van der Waals surface area contributed by atoms with Gasteiger partial charge in [-0.1, -0.05) is 0 Å². The van der Waals surface area contributed by atoms with Crippen LogP contribution >= 0.6 is 12.4 Å². The lowest BCUT2D eigenvalue weighted by Crippen LogP contribution is -2.14. The van der Waals surface area contributed by atoms with Crippen molar-refractivity contribution in [2.24, 2.45) is 10.7 Å². The van der Waals surface area contributed by atoms with Gasteiger partial charge in [-0.25, -0.2) is 4.39 Å². The van der Waals surface area contributed by atoms with Crippen LogP contribution in [-0.2, 0) is 6.54 Å². The molecule has 1 aromatic carbocycles. The van der Waals surface area contributed by atoms with E-state index in [-0.39, 0.29) is 24.0 Å². The molecule has 1 aromatic rings. The molecule has 2 rings (SSSR count). The van der Waals surface area contributed by atoms with Gasteiger partial charge in [0.15, 0.2) is 17.3 Å². The first-order valence-electron chi connectivity index (χ1n) is 5.60. The van der Waals surface area contributed by atoms with E-state index in [2.05, 4.69) is 4.99 Å². The molecular weight excluding hydrogens is 259 g/mol. The molecule has 0 atom stereocenters. The van der Waals surface area contributed by atoms with Gasteiger partial charge >= 0.3 is 0 Å². The third-order valence-electron chi connectivity index (χ3n) is 2.53. The van der Waals surface area contributed by atoms with Gasteiger partial charge in [0.1, 0.15) is 5.84 Å². The molecule has 100 valence electrons. The van der Waals surface area contributed by atoms with Crippen molar-refractivity contribution >= 4 is 18.2 Å². The number of aliphatic imine (C=N–C) groups is 1. The molecule has 0 radical (unpaired) electrons. The second kappa shape index (κ2) is 5.91. The third-order valence-corrected chi connectivity index (χ3v) is 2.53. The van der Waals surface area contributed by atoms with Gasteiger partial charge in [-0.3, -0.25) is 4.99 Å². The van der Waals surface area contributed by atoms with Crippen molar-refractivity contribution < 1.29 is 13.9 Å². The lowest BCUT2D eigenvalue weighted by atomic mass is 10.1. The molecule has 18 heavy (non-hydrogen) atoms. The molecule has 0 amide bonds. The normalized spacial score (nSPS) is 12.5. The van der Waals surface area contributed by atoms with Crippen molar-refractivity contribution in [2.45, 2.75) is 20.4 Å². The predicted octanol–water partition coefficient (Wildman–Crippen LogP) is 2.26. The Morgan fingerprint density at radius 2 is 2.00 bits per heavy atom. The Bertz CT molecular complexity index is 478. The maximum Gasteiger partial charge on any atom is 0.197 e. The van der Waals surface area contributed by atoms with Crippen LogP contribution in [0.5, 0.6) is 11.5 Å². The van der Waals surface area contributed by atoms with Crippen molar-refractivity contribution in [1.29, 1.82) is 0 Å². The minimum absolute atomic E-state index is 0. The minimum Gasteiger partial charge on any atom is -0.490 e. The fourth-order valence-corrected chi connectivity index (χ4v) is 1.85. The summed E-state index contributed by atoms with van der Waals surface area (Å²) < 4.78 is 24.9. The number of nitrogens with two attached hydrogens (primary N) is 1. The van der Waals surface area contributed by atoms with Gasteiger partial charge < -0.3 is 15.2 Å². The number of hydrogen-bond donors (Lipinski definition) is 1. The Morgan fingerprint density at radius 3 is 2.61 bits per heavy atom. The molecule has 1 aliphatic rings. The van der Waals surface area contributed by atoms with Crippen molar-refractivity contribution in [2.75, 3.05) is 13.2 Å². The van der Waals surface area contributed by atoms with Crippen LogP contribution in [0.4, 0.5) is 4.39 Å². The lowest BCUT2D eigenvalue weighted by Gasteiger charge is -2.14. The Hall–Kier alpha value is -1.49. The van der Waals surface area contributed by atoms with Crippen molar-refractivity contribution in [3.63, 3.8) is 0 Å². The molecule has 0 aliphatic carbocycles. The van der Waals surface area contributed by atoms with Crippen molar-refractivity contribution in [3.8, 4) is 11.5 Å². The Labute approximate surface area is 111 Å². The summed E-state index contributed by atoms with van der Waals surface area (Å²) in [6.45, 7) is 4.84. The molecule has 0 fully saturated rings. The van der Waals surface area contributed by atoms with Crippen LogP contribution in [0.1, 0.15) is 25.0 Å². The van der Waals surface area contributed by atoms with Gasteiger partial charge in [-0.2, -0.15) is 0 Å². The summed E-state index contributed by atoms with van der Waals surface area (Å²) in [5.74, 6) is 0.275. The Morgan fingerprint density at radius 1 is 1.33 bits per heavy atom. The largest absolute Gasteiger partial charge is 0.490 e. The van der Waals surface area contributed by atoms with E-state index in [1.807, 2.05) is 6.92 Å². The molecule has 1 aliphatic heterocycles. The van der Waals surface area contributed by atoms with Crippen molar-refractivity contribution in [1.82, 2.24) is 0 Å². The zero-order chi connectivity index (χ0) is 12.4. The monoisotopic (exact) mass is 274 g/mol. The number of hydrogen-bond acceptors (Lipinski definition) is 4. The zero-order valence-electron chi connectivity index (χ0n) is 10.3. The standard InChI is InChI=1S/C12H15FN2O2.ClH/c1-3-16-8-5-7-6-15-12(14)9(7)10(13)11(8)17-4-2;/h5H,3-4,6H2,1-2H3,(H2,14,15);1H. The maximum atomic E-state index is 14.2. The van der Waals surface area contributed by atoms with E-state index in [4.69, 9.17) is 15.2 Å². The van der Waals surface area contributed by atoms with Crippen LogP contribution < -0.4 is 15.2 Å². The van der Waals surface area contributed by atoms with E-state index >= 15 is 0 Å². The van der Waals surface area contributed by atoms with Gasteiger partial charge in [0, 0.05) is 0 Å². The first-order valence-corrected chi connectivity index (χ1v) is 5.60. The zero-order valence-corrected chi connectivity index (χ0v) is 11.1. The van der Waals surface area contributed by atoms with Gasteiger partial charge in [0.05, 0.1) is 25.3 Å². The highest BCUT2D eigenvalue weighted by Crippen LogP contribution is 2.37. The number of halogens is 2. The Kier molecular flexibility index (Phi) is 4.78. The quantitative estimate of drug-likeness (QED) is 0.916. The predicted molar refractivity (Wildman–Crippen MR) is 70.4 cm³/mol. The van der Waals surface area contributed by atoms with E-state index in [1.165, 1.54) is 0 Å². The summed E-state index contributed by atoms with van der Waals surface area (Å²) in [4.78, 5) is 4.01. The van der Waals surface area contributed by atoms with Crippen LogP contribution in [0.25, 0.3) is 0 Å². The maximum absolute atomic E-state index is 14.2. The topological polar surface area (TPSA) is 56.8 Å². The molecule has 4 nitrogen and oxygen atoms in total. The summed E-state index contributed by atoms with van der Waals surface area (Å²) >= 11 is 0. The highest BCUT2D eigenvalue weighted by atomic mass is 35.5. The van der Waals surface area contributed by atoms with Crippen LogP contribution in [0, 0.1) is 5.82 Å².